The van der Waals surface area contributed by atoms with Crippen LogP contribution in [0.1, 0.15) is 32.3 Å². The molecular weight excluding hydrogens is 227 g/mol. The van der Waals surface area contributed by atoms with Gasteiger partial charge in [-0.25, -0.2) is 4.39 Å². The Morgan fingerprint density at radius 3 is 2.94 bits per heavy atom. The molecule has 0 aromatic heterocycles. The molecule has 2 rings (SSSR count). The maximum absolute atomic E-state index is 13.7. The Morgan fingerprint density at radius 1 is 1.44 bits per heavy atom. The summed E-state index contributed by atoms with van der Waals surface area (Å²) in [5.74, 6) is -0.106. The molecule has 2 unspecified atom stereocenters. The molecule has 1 aromatic carbocycles. The Bertz CT molecular complexity index is 405. The van der Waals surface area contributed by atoms with Crippen LogP contribution in [0.4, 0.5) is 10.1 Å². The normalized spacial score (nSPS) is 24.3. The Hall–Kier alpha value is -1.09. The Kier molecular flexibility index (Phi) is 4.23. The van der Waals surface area contributed by atoms with Crippen LogP contribution >= 0.6 is 0 Å². The Balaban J connectivity index is 2.21. The van der Waals surface area contributed by atoms with E-state index in [9.17, 15) is 4.39 Å². The van der Waals surface area contributed by atoms with Crippen LogP contribution in [0, 0.1) is 12.7 Å². The molecule has 0 radical (unpaired) electrons. The summed E-state index contributed by atoms with van der Waals surface area (Å²) in [6.07, 6.45) is 2.36. The largest absolute Gasteiger partial charge is 0.366 e. The highest BCUT2D eigenvalue weighted by molar-refractivity contribution is 5.55. The lowest BCUT2D eigenvalue weighted by Crippen LogP contribution is -2.55. The minimum absolute atomic E-state index is 0.106. The molecule has 100 valence electrons. The highest BCUT2D eigenvalue weighted by Crippen LogP contribution is 2.26. The van der Waals surface area contributed by atoms with Gasteiger partial charge in [0.25, 0.3) is 0 Å². The second-order valence-electron chi connectivity index (χ2n) is 5.28. The quantitative estimate of drug-likeness (QED) is 0.886. The number of rotatable bonds is 3. The van der Waals surface area contributed by atoms with Gasteiger partial charge < -0.3 is 10.2 Å². The van der Waals surface area contributed by atoms with Crippen molar-refractivity contribution in [3.05, 3.63) is 29.6 Å². The van der Waals surface area contributed by atoms with Crippen LogP contribution < -0.4 is 10.2 Å². The van der Waals surface area contributed by atoms with E-state index in [1.54, 1.807) is 6.07 Å². The topological polar surface area (TPSA) is 15.3 Å². The first-order valence-electron chi connectivity index (χ1n) is 6.88. The van der Waals surface area contributed by atoms with Gasteiger partial charge in [0.15, 0.2) is 0 Å². The third-order valence-electron chi connectivity index (χ3n) is 3.84. The number of nitrogens with one attached hydrogen (secondary N) is 1. The van der Waals surface area contributed by atoms with Gasteiger partial charge in [0, 0.05) is 36.4 Å². The van der Waals surface area contributed by atoms with Crippen LogP contribution in [0.5, 0.6) is 0 Å². The molecule has 1 aromatic rings. The first kappa shape index (κ1) is 13.3. The van der Waals surface area contributed by atoms with Crippen molar-refractivity contribution in [1.29, 1.82) is 0 Å². The van der Waals surface area contributed by atoms with Gasteiger partial charge in [0.05, 0.1) is 0 Å². The molecule has 0 aliphatic carbocycles. The summed E-state index contributed by atoms with van der Waals surface area (Å²) < 4.78 is 13.7. The lowest BCUT2D eigenvalue weighted by atomic mass is 10.0. The average Bonchev–Trinajstić information content (AvgIpc) is 2.36. The first-order chi connectivity index (χ1) is 8.63. The zero-order chi connectivity index (χ0) is 13.1. The van der Waals surface area contributed by atoms with E-state index in [1.807, 2.05) is 13.0 Å². The fourth-order valence-corrected chi connectivity index (χ4v) is 2.71. The summed E-state index contributed by atoms with van der Waals surface area (Å²) in [5, 5.41) is 3.57. The van der Waals surface area contributed by atoms with Gasteiger partial charge in [-0.05, 0) is 32.4 Å². The number of halogens is 1. The van der Waals surface area contributed by atoms with Gasteiger partial charge in [0.1, 0.15) is 5.82 Å². The van der Waals surface area contributed by atoms with E-state index in [2.05, 4.69) is 24.1 Å². The van der Waals surface area contributed by atoms with Crippen molar-refractivity contribution in [2.75, 3.05) is 18.0 Å². The van der Waals surface area contributed by atoms with Crippen molar-refractivity contribution in [2.24, 2.45) is 0 Å². The minimum atomic E-state index is -0.106. The number of benzene rings is 1. The van der Waals surface area contributed by atoms with E-state index in [0.29, 0.717) is 12.1 Å². The average molecular weight is 250 g/mol. The van der Waals surface area contributed by atoms with Crippen LogP contribution in [-0.2, 0) is 0 Å². The zero-order valence-corrected chi connectivity index (χ0v) is 11.5. The maximum atomic E-state index is 13.7. The molecule has 1 aliphatic rings. The third kappa shape index (κ3) is 2.66. The van der Waals surface area contributed by atoms with Gasteiger partial charge in [0.2, 0.25) is 0 Å². The van der Waals surface area contributed by atoms with Crippen molar-refractivity contribution in [3.8, 4) is 0 Å². The lowest BCUT2D eigenvalue weighted by Gasteiger charge is -2.41. The molecule has 3 heteroatoms. The SMILES string of the molecule is CCCC1CN(c2cccc(F)c2C)C(C)CN1. The number of hydrogen-bond acceptors (Lipinski definition) is 2. The summed E-state index contributed by atoms with van der Waals surface area (Å²) in [6, 6.07) is 6.31. The number of anilines is 1. The summed E-state index contributed by atoms with van der Waals surface area (Å²) in [4.78, 5) is 2.34. The van der Waals surface area contributed by atoms with Gasteiger partial charge in [-0.1, -0.05) is 19.4 Å². The molecule has 1 heterocycles. The fraction of sp³-hybridized carbons (Fsp3) is 0.600. The Labute approximate surface area is 109 Å². The number of hydrogen-bond donors (Lipinski definition) is 1. The van der Waals surface area contributed by atoms with E-state index in [0.717, 1.165) is 24.3 Å². The molecule has 1 fully saturated rings. The van der Waals surface area contributed by atoms with Crippen molar-refractivity contribution < 1.29 is 4.39 Å². The molecule has 0 saturated carbocycles. The molecule has 0 bridgehead atoms. The summed E-state index contributed by atoms with van der Waals surface area (Å²) in [7, 11) is 0. The summed E-state index contributed by atoms with van der Waals surface area (Å²) >= 11 is 0. The fourth-order valence-electron chi connectivity index (χ4n) is 2.71. The molecule has 0 amide bonds. The molecular formula is C15H23FN2. The Morgan fingerprint density at radius 2 is 2.22 bits per heavy atom. The van der Waals surface area contributed by atoms with E-state index < -0.39 is 0 Å². The van der Waals surface area contributed by atoms with Crippen molar-refractivity contribution in [3.63, 3.8) is 0 Å². The van der Waals surface area contributed by atoms with E-state index in [-0.39, 0.29) is 5.82 Å². The van der Waals surface area contributed by atoms with Gasteiger partial charge in [-0.15, -0.1) is 0 Å². The second-order valence-corrected chi connectivity index (χ2v) is 5.28. The van der Waals surface area contributed by atoms with Gasteiger partial charge in [-0.3, -0.25) is 0 Å². The van der Waals surface area contributed by atoms with E-state index >= 15 is 0 Å². The van der Waals surface area contributed by atoms with Gasteiger partial charge in [-0.2, -0.15) is 0 Å². The highest BCUT2D eigenvalue weighted by Gasteiger charge is 2.25. The predicted molar refractivity (Wildman–Crippen MR) is 74.6 cm³/mol. The standard InChI is InChI=1S/C15H23FN2/c1-4-6-13-10-18(11(2)9-17-13)15-8-5-7-14(16)12(15)3/h5,7-8,11,13,17H,4,6,9-10H2,1-3H3. The van der Waals surface area contributed by atoms with Crippen molar-refractivity contribution >= 4 is 5.69 Å². The van der Waals surface area contributed by atoms with Crippen molar-refractivity contribution in [2.45, 2.75) is 45.7 Å². The molecule has 2 atom stereocenters. The molecule has 1 aliphatic heterocycles. The number of nitrogens with zero attached hydrogens (tertiary/aromatic N) is 1. The smallest absolute Gasteiger partial charge is 0.128 e. The molecule has 18 heavy (non-hydrogen) atoms. The highest BCUT2D eigenvalue weighted by atomic mass is 19.1. The molecule has 0 spiro atoms. The minimum Gasteiger partial charge on any atom is -0.366 e. The van der Waals surface area contributed by atoms with Gasteiger partial charge >= 0.3 is 0 Å². The number of piperazine rings is 1. The second kappa shape index (κ2) is 5.70. The summed E-state index contributed by atoms with van der Waals surface area (Å²) in [5.41, 5.74) is 1.81. The monoisotopic (exact) mass is 250 g/mol. The van der Waals surface area contributed by atoms with E-state index in [4.69, 9.17) is 0 Å². The van der Waals surface area contributed by atoms with Crippen LogP contribution in [0.25, 0.3) is 0 Å². The molecule has 1 saturated heterocycles. The van der Waals surface area contributed by atoms with Crippen LogP contribution in [0.2, 0.25) is 0 Å². The molecule has 2 nitrogen and oxygen atoms in total. The molecule has 1 N–H and O–H groups in total. The third-order valence-corrected chi connectivity index (χ3v) is 3.84. The predicted octanol–water partition coefficient (Wildman–Crippen LogP) is 3.10. The van der Waals surface area contributed by atoms with Crippen LogP contribution in [0.3, 0.4) is 0 Å². The summed E-state index contributed by atoms with van der Waals surface area (Å²) in [6.45, 7) is 8.21. The maximum Gasteiger partial charge on any atom is 0.128 e. The lowest BCUT2D eigenvalue weighted by molar-refractivity contribution is 0.385. The van der Waals surface area contributed by atoms with Crippen LogP contribution in [-0.4, -0.2) is 25.2 Å². The van der Waals surface area contributed by atoms with Crippen molar-refractivity contribution in [1.82, 2.24) is 5.32 Å². The van der Waals surface area contributed by atoms with E-state index in [1.165, 1.54) is 18.9 Å². The zero-order valence-electron chi connectivity index (χ0n) is 11.5. The van der Waals surface area contributed by atoms with Crippen LogP contribution in [0.15, 0.2) is 18.2 Å². The first-order valence-corrected chi connectivity index (χ1v) is 6.88.